The van der Waals surface area contributed by atoms with Crippen molar-refractivity contribution < 1.29 is 26.3 Å². The van der Waals surface area contributed by atoms with Crippen LogP contribution in [0.5, 0.6) is 5.75 Å². The molecule has 2 N–H and O–H groups in total. The third-order valence-electron chi connectivity index (χ3n) is 3.26. The number of ether oxygens (including phenoxy) is 1. The lowest BCUT2D eigenvalue weighted by atomic mass is 10.2. The van der Waals surface area contributed by atoms with Gasteiger partial charge in [-0.2, -0.15) is 4.31 Å². The van der Waals surface area contributed by atoms with Gasteiger partial charge in [-0.3, -0.25) is 0 Å². The molecule has 1 aromatic rings. The summed E-state index contributed by atoms with van der Waals surface area (Å²) < 4.78 is 66.0. The normalized spacial score (nSPS) is 20.7. The fourth-order valence-corrected chi connectivity index (χ4v) is 4.01. The van der Waals surface area contributed by atoms with Crippen molar-refractivity contribution in [2.75, 3.05) is 13.1 Å². The quantitative estimate of drug-likeness (QED) is 0.915. The molecule has 0 aromatic heterocycles. The number of nitrogens with zero attached hydrogens (tertiary/aromatic N) is 1. The molecule has 1 atom stereocenters. The maximum absolute atomic E-state index is 12.4. The van der Waals surface area contributed by atoms with Crippen molar-refractivity contribution in [1.29, 1.82) is 0 Å². The van der Waals surface area contributed by atoms with E-state index < -0.39 is 22.1 Å². The first-order valence-corrected chi connectivity index (χ1v) is 7.76. The van der Waals surface area contributed by atoms with Crippen LogP contribution in [0.25, 0.3) is 0 Å². The molecule has 1 heterocycles. The molecule has 2 rings (SSSR count). The van der Waals surface area contributed by atoms with Crippen LogP contribution in [-0.4, -0.2) is 38.2 Å². The van der Waals surface area contributed by atoms with Gasteiger partial charge in [0.1, 0.15) is 5.75 Å². The largest absolute Gasteiger partial charge is 0.573 e. The molecular weight excluding hydrogens is 309 g/mol. The Morgan fingerprint density at radius 1 is 1.29 bits per heavy atom. The van der Waals surface area contributed by atoms with E-state index in [2.05, 4.69) is 4.74 Å². The summed E-state index contributed by atoms with van der Waals surface area (Å²) in [7, 11) is -3.74. The molecular formula is C12H15F3N2O3S. The number of halogens is 3. The highest BCUT2D eigenvalue weighted by molar-refractivity contribution is 7.89. The monoisotopic (exact) mass is 324 g/mol. The van der Waals surface area contributed by atoms with E-state index in [9.17, 15) is 21.6 Å². The number of hydrogen-bond donors (Lipinski definition) is 1. The zero-order chi connectivity index (χ0) is 15.7. The van der Waals surface area contributed by atoms with Gasteiger partial charge in [0, 0.05) is 19.1 Å². The number of nitrogens with two attached hydrogens (primary N) is 1. The standard InChI is InChI=1S/C12H15F3N2O3S/c13-12(14,15)20-10-3-5-11(6-4-10)21(18,19)17-7-1-2-9(17)8-16/h3-6,9H,1-2,7-8,16H2/t9-/m0/s1. The molecule has 1 saturated heterocycles. The summed E-state index contributed by atoms with van der Waals surface area (Å²) in [5, 5.41) is 0. The number of sulfonamides is 1. The number of hydrogen-bond acceptors (Lipinski definition) is 4. The van der Waals surface area contributed by atoms with Gasteiger partial charge in [0.25, 0.3) is 0 Å². The summed E-state index contributed by atoms with van der Waals surface area (Å²) in [4.78, 5) is -0.0719. The van der Waals surface area contributed by atoms with Crippen LogP contribution in [0.1, 0.15) is 12.8 Å². The van der Waals surface area contributed by atoms with Gasteiger partial charge in [-0.25, -0.2) is 8.42 Å². The highest BCUT2D eigenvalue weighted by Gasteiger charge is 2.35. The second-order valence-corrected chi connectivity index (χ2v) is 6.56. The molecule has 1 fully saturated rings. The Bertz CT molecular complexity index is 587. The average Bonchev–Trinajstić information content (AvgIpc) is 2.86. The number of rotatable bonds is 4. The minimum Gasteiger partial charge on any atom is -0.406 e. The van der Waals surface area contributed by atoms with E-state index >= 15 is 0 Å². The molecule has 1 aliphatic heterocycles. The third kappa shape index (κ3) is 3.66. The predicted octanol–water partition coefficient (Wildman–Crippen LogP) is 1.70. The van der Waals surface area contributed by atoms with Crippen molar-refractivity contribution in [3.05, 3.63) is 24.3 Å². The van der Waals surface area contributed by atoms with Gasteiger partial charge in [0.05, 0.1) is 4.90 Å². The van der Waals surface area contributed by atoms with Crippen LogP contribution >= 0.6 is 0 Å². The first-order chi connectivity index (χ1) is 9.74. The van der Waals surface area contributed by atoms with Gasteiger partial charge in [0.15, 0.2) is 0 Å². The predicted molar refractivity (Wildman–Crippen MR) is 69.1 cm³/mol. The van der Waals surface area contributed by atoms with E-state index in [4.69, 9.17) is 5.73 Å². The summed E-state index contributed by atoms with van der Waals surface area (Å²) in [5.41, 5.74) is 5.54. The van der Waals surface area contributed by atoms with Crippen LogP contribution in [0.4, 0.5) is 13.2 Å². The lowest BCUT2D eigenvalue weighted by Crippen LogP contribution is -2.39. The molecule has 0 aliphatic carbocycles. The molecule has 1 aliphatic rings. The van der Waals surface area contributed by atoms with E-state index in [0.717, 1.165) is 30.7 Å². The Kier molecular flexibility index (Phi) is 4.45. The van der Waals surface area contributed by atoms with Crippen LogP contribution < -0.4 is 10.5 Å². The zero-order valence-corrected chi connectivity index (χ0v) is 11.8. The Balaban J connectivity index is 2.21. The van der Waals surface area contributed by atoms with Crippen LogP contribution in [0.2, 0.25) is 0 Å². The Hall–Kier alpha value is -1.32. The smallest absolute Gasteiger partial charge is 0.406 e. The molecule has 0 saturated carbocycles. The lowest BCUT2D eigenvalue weighted by molar-refractivity contribution is -0.274. The highest BCUT2D eigenvalue weighted by Crippen LogP contribution is 2.28. The second-order valence-electron chi connectivity index (χ2n) is 4.67. The van der Waals surface area contributed by atoms with Crippen molar-refractivity contribution in [1.82, 2.24) is 4.31 Å². The Morgan fingerprint density at radius 3 is 2.43 bits per heavy atom. The molecule has 0 radical (unpaired) electrons. The fourth-order valence-electron chi connectivity index (χ4n) is 2.31. The van der Waals surface area contributed by atoms with E-state index in [0.29, 0.717) is 13.0 Å². The molecule has 0 spiro atoms. The minimum absolute atomic E-state index is 0.0719. The first-order valence-electron chi connectivity index (χ1n) is 6.32. The van der Waals surface area contributed by atoms with Gasteiger partial charge in [0.2, 0.25) is 10.0 Å². The van der Waals surface area contributed by atoms with E-state index in [1.807, 2.05) is 0 Å². The van der Waals surface area contributed by atoms with Crippen LogP contribution in [-0.2, 0) is 10.0 Å². The lowest BCUT2D eigenvalue weighted by Gasteiger charge is -2.22. The minimum atomic E-state index is -4.81. The molecule has 118 valence electrons. The van der Waals surface area contributed by atoms with E-state index in [1.165, 1.54) is 4.31 Å². The topological polar surface area (TPSA) is 72.6 Å². The maximum atomic E-state index is 12.4. The molecule has 21 heavy (non-hydrogen) atoms. The summed E-state index contributed by atoms with van der Waals surface area (Å²) in [5.74, 6) is -0.460. The van der Waals surface area contributed by atoms with Crippen molar-refractivity contribution in [3.8, 4) is 5.75 Å². The summed E-state index contributed by atoms with van der Waals surface area (Å²) in [6, 6.07) is 3.90. The van der Waals surface area contributed by atoms with E-state index in [1.54, 1.807) is 0 Å². The van der Waals surface area contributed by atoms with Gasteiger partial charge in [-0.1, -0.05) is 0 Å². The second kappa shape index (κ2) is 5.82. The van der Waals surface area contributed by atoms with Gasteiger partial charge in [-0.15, -0.1) is 13.2 Å². The SMILES string of the molecule is NC[C@@H]1CCCN1S(=O)(=O)c1ccc(OC(F)(F)F)cc1. The van der Waals surface area contributed by atoms with E-state index in [-0.39, 0.29) is 17.5 Å². The first kappa shape index (κ1) is 16.1. The molecule has 1 aromatic carbocycles. The highest BCUT2D eigenvalue weighted by atomic mass is 32.2. The zero-order valence-electron chi connectivity index (χ0n) is 11.0. The number of alkyl halides is 3. The van der Waals surface area contributed by atoms with Crippen molar-refractivity contribution >= 4 is 10.0 Å². The van der Waals surface area contributed by atoms with Crippen LogP contribution in [0.3, 0.4) is 0 Å². The Labute approximate surface area is 120 Å². The fraction of sp³-hybridized carbons (Fsp3) is 0.500. The summed E-state index contributed by atoms with van der Waals surface area (Å²) >= 11 is 0. The molecule has 0 amide bonds. The van der Waals surface area contributed by atoms with Crippen molar-refractivity contribution in [3.63, 3.8) is 0 Å². The maximum Gasteiger partial charge on any atom is 0.573 e. The van der Waals surface area contributed by atoms with Gasteiger partial charge >= 0.3 is 6.36 Å². The Morgan fingerprint density at radius 2 is 1.90 bits per heavy atom. The summed E-state index contributed by atoms with van der Waals surface area (Å²) in [6.45, 7) is 0.583. The number of benzene rings is 1. The molecule has 5 nitrogen and oxygen atoms in total. The third-order valence-corrected chi connectivity index (χ3v) is 5.23. The average molecular weight is 324 g/mol. The van der Waals surface area contributed by atoms with Crippen LogP contribution in [0.15, 0.2) is 29.2 Å². The van der Waals surface area contributed by atoms with Gasteiger partial charge in [-0.05, 0) is 37.1 Å². The van der Waals surface area contributed by atoms with Gasteiger partial charge < -0.3 is 10.5 Å². The molecule has 0 unspecified atom stereocenters. The van der Waals surface area contributed by atoms with Crippen molar-refractivity contribution in [2.24, 2.45) is 5.73 Å². The molecule has 9 heteroatoms. The summed E-state index contributed by atoms with van der Waals surface area (Å²) in [6.07, 6.45) is -3.40. The molecule has 0 bridgehead atoms. The van der Waals surface area contributed by atoms with Crippen LogP contribution in [0, 0.1) is 0 Å². The van der Waals surface area contributed by atoms with Crippen molar-refractivity contribution in [2.45, 2.75) is 30.1 Å².